The molecule has 2 heteroatoms. The molecule has 0 amide bonds. The normalized spacial score (nSPS) is 13.8. The molecule has 0 saturated carbocycles. The average Bonchev–Trinajstić information content (AvgIpc) is 3.62. The third kappa shape index (κ3) is 2.60. The van der Waals surface area contributed by atoms with Crippen LogP contribution in [0.25, 0.3) is 44.2 Å². The lowest BCUT2D eigenvalue weighted by molar-refractivity contribution is 0.670. The summed E-state index contributed by atoms with van der Waals surface area (Å²) in [6.45, 7) is 0. The summed E-state index contributed by atoms with van der Waals surface area (Å²) < 4.78 is 6.32. The Balaban J connectivity index is 1.29. The van der Waals surface area contributed by atoms with E-state index in [-0.39, 0.29) is 5.41 Å². The van der Waals surface area contributed by atoms with Gasteiger partial charge in [0.25, 0.3) is 0 Å². The van der Waals surface area contributed by atoms with Crippen LogP contribution in [-0.4, -0.2) is 0 Å². The van der Waals surface area contributed by atoms with Gasteiger partial charge in [-0.05, 0) is 68.8 Å². The van der Waals surface area contributed by atoms with Crippen molar-refractivity contribution in [3.8, 4) is 22.3 Å². The fraction of sp³-hybridized carbons (Fsp3) is 0.0270. The lowest BCUT2D eigenvalue weighted by Crippen LogP contribution is -2.25. The number of hydrogen-bond acceptors (Lipinski definition) is 2. The molecule has 7 aromatic rings. The van der Waals surface area contributed by atoms with Crippen molar-refractivity contribution < 1.29 is 4.42 Å². The molecule has 0 radical (unpaired) electrons. The molecule has 0 fully saturated rings. The van der Waals surface area contributed by atoms with Crippen molar-refractivity contribution in [2.75, 3.05) is 5.32 Å². The summed E-state index contributed by atoms with van der Waals surface area (Å²) in [5.74, 6) is 0. The fourth-order valence-electron chi connectivity index (χ4n) is 7.17. The van der Waals surface area contributed by atoms with Crippen LogP contribution < -0.4 is 5.32 Å². The summed E-state index contributed by atoms with van der Waals surface area (Å²) in [5.41, 5.74) is 14.1. The van der Waals surface area contributed by atoms with Crippen LogP contribution in [0, 0.1) is 0 Å². The van der Waals surface area contributed by atoms with Gasteiger partial charge in [-0.1, -0.05) is 109 Å². The lowest BCUT2D eigenvalue weighted by Gasteiger charge is -2.30. The molecule has 0 saturated heterocycles. The summed E-state index contributed by atoms with van der Waals surface area (Å²) in [6, 6.07) is 48.2. The van der Waals surface area contributed by atoms with Gasteiger partial charge >= 0.3 is 0 Å². The summed E-state index contributed by atoms with van der Waals surface area (Å²) in [4.78, 5) is 0. The highest BCUT2D eigenvalue weighted by atomic mass is 16.3. The minimum absolute atomic E-state index is 0.345. The molecule has 0 aliphatic heterocycles. The molecule has 182 valence electrons. The van der Waals surface area contributed by atoms with Gasteiger partial charge in [0.15, 0.2) is 5.58 Å². The number of fused-ring (bicyclic) bond motifs is 13. The van der Waals surface area contributed by atoms with E-state index in [4.69, 9.17) is 4.42 Å². The second-order valence-electron chi connectivity index (χ2n) is 10.6. The van der Waals surface area contributed by atoms with Crippen molar-refractivity contribution in [1.29, 1.82) is 0 Å². The van der Waals surface area contributed by atoms with Crippen molar-refractivity contribution >= 4 is 33.3 Å². The number of anilines is 2. The lowest BCUT2D eigenvalue weighted by atomic mass is 9.70. The van der Waals surface area contributed by atoms with E-state index < -0.39 is 0 Å². The predicted molar refractivity (Wildman–Crippen MR) is 160 cm³/mol. The summed E-state index contributed by atoms with van der Waals surface area (Å²) in [6.07, 6.45) is 0. The topological polar surface area (TPSA) is 25.2 Å². The number of rotatable bonds is 2. The molecular formula is C37H23NO. The molecule has 9 rings (SSSR count). The Kier molecular flexibility index (Phi) is 4.02. The monoisotopic (exact) mass is 497 g/mol. The van der Waals surface area contributed by atoms with Crippen LogP contribution in [0.3, 0.4) is 0 Å². The van der Waals surface area contributed by atoms with Gasteiger partial charge in [-0.3, -0.25) is 0 Å². The zero-order valence-corrected chi connectivity index (χ0v) is 21.1. The fourth-order valence-corrected chi connectivity index (χ4v) is 7.17. The van der Waals surface area contributed by atoms with Gasteiger partial charge in [0.2, 0.25) is 0 Å². The second-order valence-corrected chi connectivity index (χ2v) is 10.6. The summed E-state index contributed by atoms with van der Waals surface area (Å²) in [5, 5.41) is 5.99. The highest BCUT2D eigenvalue weighted by Gasteiger charge is 2.51. The first-order valence-corrected chi connectivity index (χ1v) is 13.4. The van der Waals surface area contributed by atoms with Crippen LogP contribution in [0.2, 0.25) is 0 Å². The molecule has 1 aromatic heterocycles. The number of nitrogens with one attached hydrogen (secondary N) is 1. The van der Waals surface area contributed by atoms with Gasteiger partial charge < -0.3 is 9.73 Å². The number of furan rings is 1. The Morgan fingerprint density at radius 3 is 1.72 bits per heavy atom. The molecule has 1 heterocycles. The molecular weight excluding hydrogens is 474 g/mol. The third-order valence-corrected chi connectivity index (χ3v) is 8.68. The Bertz CT molecular complexity index is 2050. The maximum Gasteiger partial charge on any atom is 0.158 e. The van der Waals surface area contributed by atoms with Crippen LogP contribution in [-0.2, 0) is 5.41 Å². The van der Waals surface area contributed by atoms with Crippen LogP contribution in [0.5, 0.6) is 0 Å². The van der Waals surface area contributed by atoms with E-state index >= 15 is 0 Å². The van der Waals surface area contributed by atoms with Crippen LogP contribution in [0.4, 0.5) is 11.4 Å². The SMILES string of the molecule is c1ccc2c(c1)-c1ccccc1C21c2ccccc2-c2ccc(Nc3cccc4c3oc3ccccc34)cc21. The minimum Gasteiger partial charge on any atom is -0.454 e. The van der Waals surface area contributed by atoms with Gasteiger partial charge in [0.1, 0.15) is 5.58 Å². The smallest absolute Gasteiger partial charge is 0.158 e. The Morgan fingerprint density at radius 1 is 0.462 bits per heavy atom. The molecule has 1 spiro atoms. The molecule has 1 N–H and O–H groups in total. The van der Waals surface area contributed by atoms with Crippen LogP contribution in [0.1, 0.15) is 22.3 Å². The Hall–Kier alpha value is -5.08. The largest absolute Gasteiger partial charge is 0.454 e. The summed E-state index contributed by atoms with van der Waals surface area (Å²) in [7, 11) is 0. The molecule has 2 aliphatic carbocycles. The standard InChI is InChI=1S/C37H23NO/c1-5-15-30-24(10-1)25-11-2-6-16-31(25)37(30)32-17-7-3-12-26(32)27-21-20-23(22-33(27)37)38-34-18-9-14-29-28-13-4-8-19-35(28)39-36(29)34/h1-22,38H. The average molecular weight is 498 g/mol. The first-order chi connectivity index (χ1) is 19.3. The molecule has 2 aliphatic rings. The number of benzene rings is 6. The molecule has 0 bridgehead atoms. The van der Waals surface area contributed by atoms with E-state index in [1.807, 2.05) is 12.1 Å². The predicted octanol–water partition coefficient (Wildman–Crippen LogP) is 9.67. The zero-order chi connectivity index (χ0) is 25.6. The molecule has 0 unspecified atom stereocenters. The van der Waals surface area contributed by atoms with Gasteiger partial charge in [0, 0.05) is 16.5 Å². The van der Waals surface area contributed by atoms with E-state index in [0.717, 1.165) is 33.3 Å². The molecule has 0 atom stereocenters. The molecule has 6 aromatic carbocycles. The van der Waals surface area contributed by atoms with E-state index in [0.29, 0.717) is 0 Å². The van der Waals surface area contributed by atoms with Gasteiger partial charge in [-0.2, -0.15) is 0 Å². The van der Waals surface area contributed by atoms with Crippen molar-refractivity contribution in [2.45, 2.75) is 5.41 Å². The first-order valence-electron chi connectivity index (χ1n) is 13.4. The third-order valence-electron chi connectivity index (χ3n) is 8.68. The summed E-state index contributed by atoms with van der Waals surface area (Å²) >= 11 is 0. The zero-order valence-electron chi connectivity index (χ0n) is 21.1. The highest BCUT2D eigenvalue weighted by molar-refractivity contribution is 6.09. The van der Waals surface area contributed by atoms with Gasteiger partial charge in [-0.15, -0.1) is 0 Å². The van der Waals surface area contributed by atoms with Crippen molar-refractivity contribution in [3.63, 3.8) is 0 Å². The van der Waals surface area contributed by atoms with Crippen molar-refractivity contribution in [3.05, 3.63) is 156 Å². The maximum atomic E-state index is 6.32. The Morgan fingerprint density at radius 2 is 1.03 bits per heavy atom. The number of hydrogen-bond donors (Lipinski definition) is 1. The van der Waals surface area contributed by atoms with Gasteiger partial charge in [0.05, 0.1) is 11.1 Å². The Labute approximate surface area is 226 Å². The quantitative estimate of drug-likeness (QED) is 0.257. The highest BCUT2D eigenvalue weighted by Crippen LogP contribution is 2.62. The molecule has 2 nitrogen and oxygen atoms in total. The van der Waals surface area contributed by atoms with E-state index in [9.17, 15) is 0 Å². The van der Waals surface area contributed by atoms with Crippen molar-refractivity contribution in [1.82, 2.24) is 0 Å². The minimum atomic E-state index is -0.345. The second kappa shape index (κ2) is 7.49. The van der Waals surface area contributed by atoms with E-state index in [2.05, 4.69) is 127 Å². The van der Waals surface area contributed by atoms with Crippen LogP contribution >= 0.6 is 0 Å². The number of para-hydroxylation sites is 2. The van der Waals surface area contributed by atoms with Crippen molar-refractivity contribution in [2.24, 2.45) is 0 Å². The van der Waals surface area contributed by atoms with E-state index in [1.165, 1.54) is 44.5 Å². The van der Waals surface area contributed by atoms with Gasteiger partial charge in [-0.25, -0.2) is 0 Å². The van der Waals surface area contributed by atoms with Crippen LogP contribution in [0.15, 0.2) is 138 Å². The van der Waals surface area contributed by atoms with E-state index in [1.54, 1.807) is 0 Å². The molecule has 39 heavy (non-hydrogen) atoms. The first kappa shape index (κ1) is 20.9. The maximum absolute atomic E-state index is 6.32.